The largest absolute Gasteiger partial charge is 0.376 e. The second-order valence-electron chi connectivity index (χ2n) is 3.88. The van der Waals surface area contributed by atoms with Crippen LogP contribution in [0.3, 0.4) is 0 Å². The molecule has 1 N–H and O–H groups in total. The smallest absolute Gasteiger partial charge is 0.146 e. The summed E-state index contributed by atoms with van der Waals surface area (Å²) in [5.41, 5.74) is 0.558. The molecule has 0 atom stereocenters. The average molecular weight is 269 g/mol. The molecule has 0 radical (unpaired) electrons. The van der Waals surface area contributed by atoms with Gasteiger partial charge in [0.1, 0.15) is 18.0 Å². The molecule has 6 heteroatoms. The van der Waals surface area contributed by atoms with Gasteiger partial charge in [0.2, 0.25) is 0 Å². The highest BCUT2D eigenvalue weighted by Gasteiger charge is 2.06. The summed E-state index contributed by atoms with van der Waals surface area (Å²) in [6.45, 7) is 3.35. The van der Waals surface area contributed by atoms with Crippen LogP contribution in [0.1, 0.15) is 19.2 Å². The van der Waals surface area contributed by atoms with Crippen molar-refractivity contribution < 1.29 is 4.39 Å². The average Bonchev–Trinajstić information content (AvgIpc) is 2.78. The van der Waals surface area contributed by atoms with Crippen molar-refractivity contribution in [2.24, 2.45) is 0 Å². The highest BCUT2D eigenvalue weighted by atomic mass is 35.5. The molecule has 0 fully saturated rings. The zero-order valence-electron chi connectivity index (χ0n) is 10.0. The number of aryl methyl sites for hydroxylation is 1. The molecule has 0 aliphatic rings. The summed E-state index contributed by atoms with van der Waals surface area (Å²) < 4.78 is 14.9. The van der Waals surface area contributed by atoms with E-state index in [0.29, 0.717) is 17.3 Å². The van der Waals surface area contributed by atoms with E-state index in [1.807, 2.05) is 4.68 Å². The predicted molar refractivity (Wildman–Crippen MR) is 69.0 cm³/mol. The molecule has 0 bridgehead atoms. The van der Waals surface area contributed by atoms with Gasteiger partial charge in [0.15, 0.2) is 0 Å². The van der Waals surface area contributed by atoms with Crippen LogP contribution in [0.2, 0.25) is 5.02 Å². The number of rotatable bonds is 5. The van der Waals surface area contributed by atoms with Gasteiger partial charge in [-0.05, 0) is 24.6 Å². The Morgan fingerprint density at radius 3 is 3.06 bits per heavy atom. The van der Waals surface area contributed by atoms with Crippen LogP contribution in [0.25, 0.3) is 0 Å². The van der Waals surface area contributed by atoms with Crippen molar-refractivity contribution in [2.75, 3.05) is 5.32 Å². The topological polar surface area (TPSA) is 42.7 Å². The van der Waals surface area contributed by atoms with Crippen molar-refractivity contribution >= 4 is 17.3 Å². The SMILES string of the molecule is CCCn1ncnc1CNc1cc(F)ccc1Cl. The number of nitrogens with one attached hydrogen (secondary N) is 1. The Morgan fingerprint density at radius 2 is 2.28 bits per heavy atom. The minimum atomic E-state index is -0.322. The van der Waals surface area contributed by atoms with Crippen molar-refractivity contribution in [1.29, 1.82) is 0 Å². The van der Waals surface area contributed by atoms with Gasteiger partial charge in [-0.25, -0.2) is 14.1 Å². The lowest BCUT2D eigenvalue weighted by Gasteiger charge is -2.09. The monoisotopic (exact) mass is 268 g/mol. The number of hydrogen-bond acceptors (Lipinski definition) is 3. The molecule has 1 aromatic carbocycles. The van der Waals surface area contributed by atoms with Crippen LogP contribution in [0.5, 0.6) is 0 Å². The first-order valence-electron chi connectivity index (χ1n) is 5.76. The van der Waals surface area contributed by atoms with E-state index in [9.17, 15) is 4.39 Å². The molecular weight excluding hydrogens is 255 g/mol. The maximum absolute atomic E-state index is 13.1. The van der Waals surface area contributed by atoms with Crippen LogP contribution >= 0.6 is 11.6 Å². The van der Waals surface area contributed by atoms with Gasteiger partial charge in [0.25, 0.3) is 0 Å². The molecule has 1 aromatic heterocycles. The van der Waals surface area contributed by atoms with Crippen molar-refractivity contribution in [1.82, 2.24) is 14.8 Å². The summed E-state index contributed by atoms with van der Waals surface area (Å²) in [5.74, 6) is 0.481. The van der Waals surface area contributed by atoms with E-state index in [1.54, 1.807) is 0 Å². The highest BCUT2D eigenvalue weighted by Crippen LogP contribution is 2.22. The Hall–Kier alpha value is -1.62. The molecule has 0 spiro atoms. The van der Waals surface area contributed by atoms with E-state index in [0.717, 1.165) is 18.8 Å². The van der Waals surface area contributed by atoms with Crippen LogP contribution < -0.4 is 5.32 Å². The third-order valence-electron chi connectivity index (χ3n) is 2.50. The van der Waals surface area contributed by atoms with Crippen molar-refractivity contribution in [2.45, 2.75) is 26.4 Å². The minimum Gasteiger partial charge on any atom is -0.376 e. The number of aromatic nitrogens is 3. The number of halogens is 2. The van der Waals surface area contributed by atoms with Crippen molar-refractivity contribution in [3.8, 4) is 0 Å². The van der Waals surface area contributed by atoms with Gasteiger partial charge in [0.05, 0.1) is 17.3 Å². The molecule has 0 saturated heterocycles. The third-order valence-corrected chi connectivity index (χ3v) is 2.83. The van der Waals surface area contributed by atoms with Crippen LogP contribution in [0, 0.1) is 5.82 Å². The van der Waals surface area contributed by atoms with E-state index >= 15 is 0 Å². The van der Waals surface area contributed by atoms with Crippen LogP contribution in [0.15, 0.2) is 24.5 Å². The fraction of sp³-hybridized carbons (Fsp3) is 0.333. The first kappa shape index (κ1) is 12.8. The summed E-state index contributed by atoms with van der Waals surface area (Å²) in [6.07, 6.45) is 2.50. The molecule has 4 nitrogen and oxygen atoms in total. The lowest BCUT2D eigenvalue weighted by atomic mass is 10.3. The Labute approximate surface area is 110 Å². The Bertz CT molecular complexity index is 527. The number of anilines is 1. The summed E-state index contributed by atoms with van der Waals surface area (Å²) in [7, 11) is 0. The Balaban J connectivity index is 2.06. The molecule has 2 aromatic rings. The molecular formula is C12H14ClFN4. The number of hydrogen-bond donors (Lipinski definition) is 1. The molecule has 0 saturated carbocycles. The van der Waals surface area contributed by atoms with Gasteiger partial charge < -0.3 is 5.32 Å². The quantitative estimate of drug-likeness (QED) is 0.906. The Morgan fingerprint density at radius 1 is 1.44 bits per heavy atom. The van der Waals surface area contributed by atoms with Gasteiger partial charge in [-0.2, -0.15) is 5.10 Å². The first-order chi connectivity index (χ1) is 8.70. The van der Waals surface area contributed by atoms with E-state index in [2.05, 4.69) is 22.3 Å². The van der Waals surface area contributed by atoms with E-state index in [4.69, 9.17) is 11.6 Å². The lowest BCUT2D eigenvalue weighted by molar-refractivity contribution is 0.574. The van der Waals surface area contributed by atoms with Crippen LogP contribution in [0.4, 0.5) is 10.1 Å². The normalized spacial score (nSPS) is 10.6. The van der Waals surface area contributed by atoms with Crippen molar-refractivity contribution in [3.63, 3.8) is 0 Å². The molecule has 2 rings (SSSR count). The lowest BCUT2D eigenvalue weighted by Crippen LogP contribution is -2.10. The number of benzene rings is 1. The van der Waals surface area contributed by atoms with Gasteiger partial charge in [0, 0.05) is 6.54 Å². The predicted octanol–water partition coefficient (Wildman–Crippen LogP) is 3.09. The second kappa shape index (κ2) is 5.82. The van der Waals surface area contributed by atoms with Gasteiger partial charge >= 0.3 is 0 Å². The van der Waals surface area contributed by atoms with Crippen molar-refractivity contribution in [3.05, 3.63) is 41.2 Å². The fourth-order valence-electron chi connectivity index (χ4n) is 1.63. The van der Waals surface area contributed by atoms with Gasteiger partial charge in [-0.15, -0.1) is 0 Å². The highest BCUT2D eigenvalue weighted by molar-refractivity contribution is 6.33. The van der Waals surface area contributed by atoms with Gasteiger partial charge in [-0.3, -0.25) is 0 Å². The van der Waals surface area contributed by atoms with E-state index in [-0.39, 0.29) is 5.82 Å². The minimum absolute atomic E-state index is 0.322. The molecule has 18 heavy (non-hydrogen) atoms. The van der Waals surface area contributed by atoms with Crippen LogP contribution in [-0.2, 0) is 13.1 Å². The number of nitrogens with zero attached hydrogens (tertiary/aromatic N) is 3. The maximum atomic E-state index is 13.1. The molecule has 1 heterocycles. The summed E-state index contributed by atoms with van der Waals surface area (Å²) in [5, 5.41) is 7.66. The molecule has 0 aliphatic carbocycles. The summed E-state index contributed by atoms with van der Waals surface area (Å²) in [6, 6.07) is 4.21. The van der Waals surface area contributed by atoms with E-state index < -0.39 is 0 Å². The zero-order valence-corrected chi connectivity index (χ0v) is 10.8. The van der Waals surface area contributed by atoms with Crippen LogP contribution in [-0.4, -0.2) is 14.8 Å². The Kier molecular flexibility index (Phi) is 4.15. The van der Waals surface area contributed by atoms with E-state index in [1.165, 1.54) is 24.5 Å². The maximum Gasteiger partial charge on any atom is 0.146 e. The zero-order chi connectivity index (χ0) is 13.0. The molecule has 96 valence electrons. The summed E-state index contributed by atoms with van der Waals surface area (Å²) in [4.78, 5) is 4.15. The first-order valence-corrected chi connectivity index (χ1v) is 6.14. The fourth-order valence-corrected chi connectivity index (χ4v) is 1.82. The van der Waals surface area contributed by atoms with Gasteiger partial charge in [-0.1, -0.05) is 18.5 Å². The molecule has 0 unspecified atom stereocenters. The molecule has 0 amide bonds. The standard InChI is InChI=1S/C12H14ClFN4/c1-2-5-18-12(16-8-17-18)7-15-11-6-9(14)3-4-10(11)13/h3-4,6,8,15H,2,5,7H2,1H3. The summed E-state index contributed by atoms with van der Waals surface area (Å²) >= 11 is 5.97. The molecule has 0 aliphatic heterocycles. The third kappa shape index (κ3) is 2.98. The second-order valence-corrected chi connectivity index (χ2v) is 4.28.